The lowest BCUT2D eigenvalue weighted by Gasteiger charge is -2.18. The van der Waals surface area contributed by atoms with Gasteiger partial charge >= 0.3 is 0 Å². The standard InChI is InChI=1S/C14H21NO4/c1-10(16)7-8-15(2)14(17)11-5-6-12(18-3)13(9-11)19-4/h5-6,9-10,16H,7-8H2,1-4H3. The molecule has 1 atom stereocenters. The second kappa shape index (κ2) is 6.99. The summed E-state index contributed by atoms with van der Waals surface area (Å²) in [7, 11) is 4.79. The van der Waals surface area contributed by atoms with E-state index < -0.39 is 6.10 Å². The Kier molecular flexibility index (Phi) is 5.63. The van der Waals surface area contributed by atoms with E-state index in [-0.39, 0.29) is 5.91 Å². The number of hydrogen-bond acceptors (Lipinski definition) is 4. The van der Waals surface area contributed by atoms with Crippen LogP contribution in [-0.4, -0.2) is 49.8 Å². The van der Waals surface area contributed by atoms with Crippen LogP contribution in [0.25, 0.3) is 0 Å². The monoisotopic (exact) mass is 267 g/mol. The maximum Gasteiger partial charge on any atom is 0.253 e. The van der Waals surface area contributed by atoms with Crippen LogP contribution in [0.3, 0.4) is 0 Å². The second-order valence-electron chi connectivity index (χ2n) is 4.43. The molecule has 0 heterocycles. The van der Waals surface area contributed by atoms with Gasteiger partial charge in [0.1, 0.15) is 0 Å². The molecule has 0 spiro atoms. The van der Waals surface area contributed by atoms with E-state index >= 15 is 0 Å². The van der Waals surface area contributed by atoms with Gasteiger partial charge in [-0.05, 0) is 31.5 Å². The number of carbonyl (C=O) groups is 1. The van der Waals surface area contributed by atoms with Crippen molar-refractivity contribution in [1.82, 2.24) is 4.90 Å². The largest absolute Gasteiger partial charge is 0.493 e. The summed E-state index contributed by atoms with van der Waals surface area (Å²) in [5, 5.41) is 9.23. The number of aliphatic hydroxyl groups excluding tert-OH is 1. The molecule has 0 saturated carbocycles. The van der Waals surface area contributed by atoms with Crippen molar-refractivity contribution in [2.45, 2.75) is 19.4 Å². The number of nitrogens with zero attached hydrogens (tertiary/aromatic N) is 1. The molecule has 1 unspecified atom stereocenters. The minimum absolute atomic E-state index is 0.110. The molecule has 5 heteroatoms. The van der Waals surface area contributed by atoms with Gasteiger partial charge in [0.05, 0.1) is 20.3 Å². The highest BCUT2D eigenvalue weighted by atomic mass is 16.5. The molecule has 1 rings (SSSR count). The number of benzene rings is 1. The average Bonchev–Trinajstić information content (AvgIpc) is 2.42. The maximum absolute atomic E-state index is 12.2. The van der Waals surface area contributed by atoms with Gasteiger partial charge in [-0.1, -0.05) is 0 Å². The first-order valence-electron chi connectivity index (χ1n) is 6.15. The molecule has 1 aromatic rings. The lowest BCUT2D eigenvalue weighted by Crippen LogP contribution is -2.29. The Bertz CT molecular complexity index is 431. The van der Waals surface area contributed by atoms with Crippen LogP contribution < -0.4 is 9.47 Å². The molecular weight excluding hydrogens is 246 g/mol. The van der Waals surface area contributed by atoms with Gasteiger partial charge in [0.15, 0.2) is 11.5 Å². The normalized spacial score (nSPS) is 11.8. The predicted molar refractivity (Wildman–Crippen MR) is 72.8 cm³/mol. The highest BCUT2D eigenvalue weighted by Gasteiger charge is 2.14. The van der Waals surface area contributed by atoms with E-state index in [1.165, 1.54) is 7.11 Å². The third kappa shape index (κ3) is 4.13. The zero-order valence-corrected chi connectivity index (χ0v) is 11.8. The molecule has 0 aromatic heterocycles. The first-order chi connectivity index (χ1) is 8.99. The summed E-state index contributed by atoms with van der Waals surface area (Å²) < 4.78 is 10.3. The lowest BCUT2D eigenvalue weighted by atomic mass is 10.1. The Morgan fingerprint density at radius 2 is 1.95 bits per heavy atom. The van der Waals surface area contributed by atoms with Crippen molar-refractivity contribution in [3.63, 3.8) is 0 Å². The number of methoxy groups -OCH3 is 2. The Labute approximate surface area is 113 Å². The minimum atomic E-state index is -0.416. The molecule has 106 valence electrons. The van der Waals surface area contributed by atoms with E-state index in [0.717, 1.165) is 0 Å². The van der Waals surface area contributed by atoms with Gasteiger partial charge < -0.3 is 19.5 Å². The summed E-state index contributed by atoms with van der Waals surface area (Å²) >= 11 is 0. The van der Waals surface area contributed by atoms with Crippen LogP contribution in [0, 0.1) is 0 Å². The molecule has 0 bridgehead atoms. The Morgan fingerprint density at radius 3 is 2.47 bits per heavy atom. The third-order valence-electron chi connectivity index (χ3n) is 2.86. The van der Waals surface area contributed by atoms with E-state index in [1.807, 2.05) is 0 Å². The van der Waals surface area contributed by atoms with Crippen LogP contribution in [-0.2, 0) is 0 Å². The van der Waals surface area contributed by atoms with E-state index in [2.05, 4.69) is 0 Å². The van der Waals surface area contributed by atoms with Gasteiger partial charge in [0, 0.05) is 19.2 Å². The fourth-order valence-corrected chi connectivity index (χ4v) is 1.67. The maximum atomic E-state index is 12.2. The van der Waals surface area contributed by atoms with Crippen LogP contribution in [0.5, 0.6) is 11.5 Å². The second-order valence-corrected chi connectivity index (χ2v) is 4.43. The van der Waals surface area contributed by atoms with E-state index in [4.69, 9.17) is 9.47 Å². The Morgan fingerprint density at radius 1 is 1.32 bits per heavy atom. The molecule has 1 N–H and O–H groups in total. The van der Waals surface area contributed by atoms with Crippen LogP contribution in [0.4, 0.5) is 0 Å². The number of aliphatic hydroxyl groups is 1. The van der Waals surface area contributed by atoms with Crippen LogP contribution in [0.1, 0.15) is 23.7 Å². The summed E-state index contributed by atoms with van der Waals surface area (Å²) in [4.78, 5) is 13.8. The zero-order chi connectivity index (χ0) is 14.4. The van der Waals surface area contributed by atoms with E-state index in [9.17, 15) is 9.90 Å². The van der Waals surface area contributed by atoms with Crippen LogP contribution >= 0.6 is 0 Å². The van der Waals surface area contributed by atoms with Gasteiger partial charge in [-0.2, -0.15) is 0 Å². The van der Waals surface area contributed by atoms with Gasteiger partial charge in [-0.3, -0.25) is 4.79 Å². The molecule has 0 fully saturated rings. The number of rotatable bonds is 6. The highest BCUT2D eigenvalue weighted by molar-refractivity contribution is 5.94. The first-order valence-corrected chi connectivity index (χ1v) is 6.15. The average molecular weight is 267 g/mol. The Balaban J connectivity index is 2.81. The first kappa shape index (κ1) is 15.3. The number of hydrogen-bond donors (Lipinski definition) is 1. The molecule has 0 aliphatic heterocycles. The fraction of sp³-hybridized carbons (Fsp3) is 0.500. The fourth-order valence-electron chi connectivity index (χ4n) is 1.67. The van der Waals surface area contributed by atoms with Crippen molar-refractivity contribution in [2.75, 3.05) is 27.8 Å². The molecule has 0 radical (unpaired) electrons. The van der Waals surface area contributed by atoms with Gasteiger partial charge in [-0.15, -0.1) is 0 Å². The molecule has 0 aliphatic rings. The molecule has 0 saturated heterocycles. The SMILES string of the molecule is COc1ccc(C(=O)N(C)CCC(C)O)cc1OC. The van der Waals surface area contributed by atoms with Crippen molar-refractivity contribution < 1.29 is 19.4 Å². The summed E-state index contributed by atoms with van der Waals surface area (Å²) in [5.41, 5.74) is 0.533. The molecular formula is C14H21NO4. The van der Waals surface area contributed by atoms with Crippen molar-refractivity contribution in [1.29, 1.82) is 0 Å². The number of carbonyl (C=O) groups excluding carboxylic acids is 1. The van der Waals surface area contributed by atoms with Crippen molar-refractivity contribution in [3.05, 3.63) is 23.8 Å². The van der Waals surface area contributed by atoms with Crippen LogP contribution in [0.2, 0.25) is 0 Å². The topological polar surface area (TPSA) is 59.0 Å². The molecule has 19 heavy (non-hydrogen) atoms. The van der Waals surface area contributed by atoms with Gasteiger partial charge in [-0.25, -0.2) is 0 Å². The number of amides is 1. The highest BCUT2D eigenvalue weighted by Crippen LogP contribution is 2.27. The molecule has 5 nitrogen and oxygen atoms in total. The Hall–Kier alpha value is -1.75. The van der Waals surface area contributed by atoms with E-state index in [1.54, 1.807) is 44.2 Å². The van der Waals surface area contributed by atoms with Gasteiger partial charge in [0.2, 0.25) is 0 Å². The number of ether oxygens (including phenoxy) is 2. The lowest BCUT2D eigenvalue weighted by molar-refractivity contribution is 0.0768. The third-order valence-corrected chi connectivity index (χ3v) is 2.86. The summed E-state index contributed by atoms with van der Waals surface area (Å²) in [6.45, 7) is 2.21. The van der Waals surface area contributed by atoms with Crippen molar-refractivity contribution in [2.24, 2.45) is 0 Å². The smallest absolute Gasteiger partial charge is 0.253 e. The van der Waals surface area contributed by atoms with Gasteiger partial charge in [0.25, 0.3) is 5.91 Å². The predicted octanol–water partition coefficient (Wildman–Crippen LogP) is 1.55. The van der Waals surface area contributed by atoms with Crippen molar-refractivity contribution >= 4 is 5.91 Å². The van der Waals surface area contributed by atoms with E-state index in [0.29, 0.717) is 30.0 Å². The van der Waals surface area contributed by atoms with Crippen molar-refractivity contribution in [3.8, 4) is 11.5 Å². The minimum Gasteiger partial charge on any atom is -0.493 e. The zero-order valence-electron chi connectivity index (χ0n) is 11.8. The summed E-state index contributed by atoms with van der Waals surface area (Å²) in [6.07, 6.45) is 0.135. The quantitative estimate of drug-likeness (QED) is 0.849. The summed E-state index contributed by atoms with van der Waals surface area (Å²) in [6, 6.07) is 5.05. The van der Waals surface area contributed by atoms with Crippen LogP contribution in [0.15, 0.2) is 18.2 Å². The molecule has 1 amide bonds. The molecule has 0 aliphatic carbocycles. The summed E-state index contributed by atoms with van der Waals surface area (Å²) in [5.74, 6) is 1.00. The molecule has 1 aromatic carbocycles.